The van der Waals surface area contributed by atoms with E-state index >= 15 is 0 Å². The van der Waals surface area contributed by atoms with Crippen LogP contribution in [0, 0.1) is 15.9 Å². The third-order valence-electron chi connectivity index (χ3n) is 1.54. The lowest BCUT2D eigenvalue weighted by molar-refractivity contribution is -0.387. The van der Waals surface area contributed by atoms with E-state index in [0.29, 0.717) is 0 Å². The number of nitrogens with zero attached hydrogens (tertiary/aromatic N) is 1. The third kappa shape index (κ3) is 1.83. The monoisotopic (exact) mass is 199 g/mol. The van der Waals surface area contributed by atoms with Gasteiger partial charge in [-0.2, -0.15) is 4.39 Å². The van der Waals surface area contributed by atoms with Gasteiger partial charge in [-0.25, -0.2) is 5.84 Å². The van der Waals surface area contributed by atoms with Gasteiger partial charge in [0.1, 0.15) is 0 Å². The Bertz CT molecular complexity index is 394. The molecule has 0 unspecified atom stereocenters. The smallest absolute Gasteiger partial charge is 0.290 e. The lowest BCUT2D eigenvalue weighted by atomic mass is 10.2. The van der Waals surface area contributed by atoms with Crippen molar-refractivity contribution in [2.45, 2.75) is 0 Å². The van der Waals surface area contributed by atoms with Crippen molar-refractivity contribution in [3.63, 3.8) is 0 Å². The van der Waals surface area contributed by atoms with Crippen molar-refractivity contribution in [2.75, 3.05) is 0 Å². The number of halogens is 1. The van der Waals surface area contributed by atoms with Gasteiger partial charge in [-0.1, -0.05) is 0 Å². The Morgan fingerprint density at radius 1 is 1.57 bits per heavy atom. The molecular weight excluding hydrogens is 193 g/mol. The van der Waals surface area contributed by atoms with Crippen LogP contribution in [0.2, 0.25) is 0 Å². The summed E-state index contributed by atoms with van der Waals surface area (Å²) in [6, 6.07) is 2.77. The third-order valence-corrected chi connectivity index (χ3v) is 1.54. The summed E-state index contributed by atoms with van der Waals surface area (Å²) in [5.74, 6) is 3.01. The van der Waals surface area contributed by atoms with E-state index in [1.54, 1.807) is 5.43 Å². The fourth-order valence-electron chi connectivity index (χ4n) is 0.880. The van der Waals surface area contributed by atoms with Gasteiger partial charge in [0.2, 0.25) is 5.82 Å². The van der Waals surface area contributed by atoms with Gasteiger partial charge in [-0.15, -0.1) is 0 Å². The largest absolute Gasteiger partial charge is 0.304 e. The summed E-state index contributed by atoms with van der Waals surface area (Å²) >= 11 is 0. The Labute approximate surface area is 77.6 Å². The Hall–Kier alpha value is -2.02. The molecule has 0 heterocycles. The molecule has 1 amide bonds. The maximum Gasteiger partial charge on any atom is 0.304 e. The second-order valence-electron chi connectivity index (χ2n) is 2.40. The van der Waals surface area contributed by atoms with Gasteiger partial charge in [0, 0.05) is 11.6 Å². The number of nitrogens with one attached hydrogen (secondary N) is 1. The van der Waals surface area contributed by atoms with E-state index in [0.717, 1.165) is 18.2 Å². The highest BCUT2D eigenvalue weighted by molar-refractivity contribution is 5.93. The quantitative estimate of drug-likeness (QED) is 0.310. The van der Waals surface area contributed by atoms with Crippen molar-refractivity contribution >= 4 is 11.6 Å². The van der Waals surface area contributed by atoms with Gasteiger partial charge in [0.15, 0.2) is 0 Å². The highest BCUT2D eigenvalue weighted by atomic mass is 19.1. The van der Waals surface area contributed by atoms with E-state index in [2.05, 4.69) is 0 Å². The molecule has 0 saturated heterocycles. The lowest BCUT2D eigenvalue weighted by Gasteiger charge is -1.99. The van der Waals surface area contributed by atoms with Crippen molar-refractivity contribution in [3.8, 4) is 0 Å². The summed E-state index contributed by atoms with van der Waals surface area (Å²) in [5, 5.41) is 10.2. The number of nitro benzene ring substituents is 1. The van der Waals surface area contributed by atoms with Crippen molar-refractivity contribution in [1.82, 2.24) is 5.43 Å². The van der Waals surface area contributed by atoms with Crippen LogP contribution in [0.3, 0.4) is 0 Å². The van der Waals surface area contributed by atoms with Crippen LogP contribution in [-0.2, 0) is 0 Å². The van der Waals surface area contributed by atoms with E-state index in [9.17, 15) is 19.3 Å². The van der Waals surface area contributed by atoms with E-state index in [-0.39, 0.29) is 5.56 Å². The standard InChI is InChI=1S/C7H6FN3O3/c8-5-3-4(7(12)10-9)1-2-6(5)11(13)14/h1-3H,9H2,(H,10,12). The fourth-order valence-corrected chi connectivity index (χ4v) is 0.880. The molecule has 3 N–H and O–H groups in total. The lowest BCUT2D eigenvalue weighted by Crippen LogP contribution is -2.30. The number of hydrazine groups is 1. The van der Waals surface area contributed by atoms with Gasteiger partial charge in [0.05, 0.1) is 4.92 Å². The topological polar surface area (TPSA) is 98.3 Å². The summed E-state index contributed by atoms with van der Waals surface area (Å²) in [4.78, 5) is 20.2. The zero-order chi connectivity index (χ0) is 10.7. The number of nitrogens with two attached hydrogens (primary N) is 1. The maximum atomic E-state index is 12.9. The molecule has 74 valence electrons. The number of hydrogen-bond acceptors (Lipinski definition) is 4. The van der Waals surface area contributed by atoms with Gasteiger partial charge in [-0.3, -0.25) is 20.3 Å². The number of rotatable bonds is 2. The SMILES string of the molecule is NNC(=O)c1ccc([N+](=O)[O-])c(F)c1. The number of nitrogen functional groups attached to an aromatic ring is 1. The van der Waals surface area contributed by atoms with Crippen LogP contribution in [-0.4, -0.2) is 10.8 Å². The Morgan fingerprint density at radius 2 is 2.21 bits per heavy atom. The minimum Gasteiger partial charge on any atom is -0.290 e. The minimum absolute atomic E-state index is 0.0735. The fraction of sp³-hybridized carbons (Fsp3) is 0. The average molecular weight is 199 g/mol. The van der Waals surface area contributed by atoms with Gasteiger partial charge >= 0.3 is 5.69 Å². The second-order valence-corrected chi connectivity index (χ2v) is 2.40. The molecule has 1 rings (SSSR count). The van der Waals surface area contributed by atoms with Crippen LogP contribution in [0.15, 0.2) is 18.2 Å². The first-order valence-electron chi connectivity index (χ1n) is 3.51. The van der Waals surface area contributed by atoms with Gasteiger partial charge in [0.25, 0.3) is 5.91 Å². The number of nitro groups is 1. The molecular formula is C7H6FN3O3. The first-order chi connectivity index (χ1) is 6.56. The summed E-state index contributed by atoms with van der Waals surface area (Å²) in [7, 11) is 0. The molecule has 0 aliphatic carbocycles. The number of hydrogen-bond donors (Lipinski definition) is 2. The van der Waals surface area contributed by atoms with Crippen molar-refractivity contribution in [1.29, 1.82) is 0 Å². The number of carbonyl (C=O) groups excluding carboxylic acids is 1. The zero-order valence-electron chi connectivity index (χ0n) is 6.86. The Kier molecular flexibility index (Phi) is 2.73. The molecule has 0 atom stereocenters. The molecule has 0 bridgehead atoms. The number of benzene rings is 1. The van der Waals surface area contributed by atoms with E-state index in [4.69, 9.17) is 5.84 Å². The van der Waals surface area contributed by atoms with E-state index < -0.39 is 22.3 Å². The van der Waals surface area contributed by atoms with Gasteiger partial charge in [-0.05, 0) is 12.1 Å². The predicted octanol–water partition coefficient (Wildman–Crippen LogP) is 0.337. The first kappa shape index (κ1) is 10.1. The molecule has 1 aromatic carbocycles. The molecule has 6 nitrogen and oxygen atoms in total. The molecule has 0 saturated carbocycles. The highest BCUT2D eigenvalue weighted by Crippen LogP contribution is 2.17. The molecule has 7 heteroatoms. The van der Waals surface area contributed by atoms with Crippen molar-refractivity contribution in [2.24, 2.45) is 5.84 Å². The average Bonchev–Trinajstić information content (AvgIpc) is 2.15. The molecule has 0 aliphatic rings. The van der Waals surface area contributed by atoms with Crippen LogP contribution in [0.4, 0.5) is 10.1 Å². The summed E-state index contributed by atoms with van der Waals surface area (Å²) < 4.78 is 12.9. The molecule has 14 heavy (non-hydrogen) atoms. The minimum atomic E-state index is -1.07. The Morgan fingerprint density at radius 3 is 2.64 bits per heavy atom. The molecule has 0 aliphatic heterocycles. The number of carbonyl (C=O) groups is 1. The van der Waals surface area contributed by atoms with Gasteiger partial charge < -0.3 is 0 Å². The summed E-state index contributed by atoms with van der Waals surface area (Å²) in [6.07, 6.45) is 0. The second kappa shape index (κ2) is 3.79. The number of amides is 1. The van der Waals surface area contributed by atoms with Crippen LogP contribution in [0.1, 0.15) is 10.4 Å². The first-order valence-corrected chi connectivity index (χ1v) is 3.51. The highest BCUT2D eigenvalue weighted by Gasteiger charge is 2.15. The molecule has 1 aromatic rings. The summed E-state index contributed by atoms with van der Waals surface area (Å²) in [5.41, 5.74) is 1.03. The normalized spacial score (nSPS) is 9.57. The van der Waals surface area contributed by atoms with Crippen molar-refractivity contribution < 1.29 is 14.1 Å². The van der Waals surface area contributed by atoms with Crippen LogP contribution in [0.5, 0.6) is 0 Å². The van der Waals surface area contributed by atoms with Crippen LogP contribution >= 0.6 is 0 Å². The zero-order valence-corrected chi connectivity index (χ0v) is 6.86. The molecule has 0 spiro atoms. The van der Waals surface area contributed by atoms with E-state index in [1.807, 2.05) is 0 Å². The van der Waals surface area contributed by atoms with Crippen molar-refractivity contribution in [3.05, 3.63) is 39.7 Å². The molecule has 0 fully saturated rings. The van der Waals surface area contributed by atoms with E-state index in [1.165, 1.54) is 0 Å². The van der Waals surface area contributed by atoms with Crippen LogP contribution < -0.4 is 11.3 Å². The summed E-state index contributed by atoms with van der Waals surface area (Å²) in [6.45, 7) is 0. The predicted molar refractivity (Wildman–Crippen MR) is 44.7 cm³/mol. The van der Waals surface area contributed by atoms with Crippen LogP contribution in [0.25, 0.3) is 0 Å². The molecule has 0 radical (unpaired) electrons. The molecule has 0 aromatic heterocycles. The maximum absolute atomic E-state index is 12.9. The Balaban J connectivity index is 3.12.